The number of amides is 1. The molecule has 2 aliphatic rings. The van der Waals surface area contributed by atoms with Crippen LogP contribution in [0.4, 0.5) is 10.1 Å². The second kappa shape index (κ2) is 8.57. The summed E-state index contributed by atoms with van der Waals surface area (Å²) in [6.45, 7) is 7.37. The van der Waals surface area contributed by atoms with Gasteiger partial charge in [0.05, 0.1) is 6.42 Å². The molecule has 2 heterocycles. The Morgan fingerprint density at radius 3 is 2.48 bits per heavy atom. The Kier molecular flexibility index (Phi) is 5.90. The summed E-state index contributed by atoms with van der Waals surface area (Å²) >= 11 is 0. The maximum atomic E-state index is 13.0. The molecule has 1 N–H and O–H groups in total. The van der Waals surface area contributed by atoms with Crippen LogP contribution in [0.5, 0.6) is 0 Å². The number of aromatic nitrogens is 2. The number of hydrogen-bond acceptors (Lipinski definition) is 4. The Morgan fingerprint density at radius 2 is 1.83 bits per heavy atom. The highest BCUT2D eigenvalue weighted by atomic mass is 19.1. The average Bonchev–Trinajstić information content (AvgIpc) is 3.50. The highest BCUT2D eigenvalue weighted by Gasteiger charge is 2.29. The molecule has 1 aliphatic carbocycles. The van der Waals surface area contributed by atoms with Crippen LogP contribution in [0, 0.1) is 25.6 Å². The van der Waals surface area contributed by atoms with Crippen molar-refractivity contribution in [2.45, 2.75) is 51.9 Å². The molecule has 1 saturated heterocycles. The average molecular weight is 397 g/mol. The lowest BCUT2D eigenvalue weighted by molar-refractivity contribution is -0.115. The second-order valence-corrected chi connectivity index (χ2v) is 8.51. The van der Waals surface area contributed by atoms with E-state index < -0.39 is 0 Å². The molecule has 0 unspecified atom stereocenters. The van der Waals surface area contributed by atoms with E-state index in [0.717, 1.165) is 41.7 Å². The van der Waals surface area contributed by atoms with Crippen molar-refractivity contribution < 1.29 is 9.18 Å². The van der Waals surface area contributed by atoms with Gasteiger partial charge in [-0.3, -0.25) is 4.79 Å². The highest BCUT2D eigenvalue weighted by Crippen LogP contribution is 2.33. The van der Waals surface area contributed by atoms with Crippen LogP contribution in [0.2, 0.25) is 0 Å². The molecule has 1 saturated carbocycles. The molecule has 1 aliphatic heterocycles. The van der Waals surface area contributed by atoms with Crippen molar-refractivity contribution >= 4 is 11.6 Å². The number of nitrogens with zero attached hydrogens (tertiary/aromatic N) is 3. The lowest BCUT2D eigenvalue weighted by Crippen LogP contribution is -2.36. The minimum atomic E-state index is -0.322. The van der Waals surface area contributed by atoms with Gasteiger partial charge in [-0.15, -0.1) is 0 Å². The van der Waals surface area contributed by atoms with Crippen molar-refractivity contribution in [1.29, 1.82) is 0 Å². The highest BCUT2D eigenvalue weighted by molar-refractivity contribution is 5.92. The van der Waals surface area contributed by atoms with E-state index in [-0.39, 0.29) is 18.1 Å². The Labute approximate surface area is 171 Å². The fraction of sp³-hybridized carbons (Fsp3) is 0.522. The van der Waals surface area contributed by atoms with Gasteiger partial charge in [-0.2, -0.15) is 0 Å². The van der Waals surface area contributed by atoms with Crippen LogP contribution >= 0.6 is 0 Å². The van der Waals surface area contributed by atoms with Gasteiger partial charge in [-0.25, -0.2) is 14.4 Å². The zero-order valence-electron chi connectivity index (χ0n) is 17.2. The zero-order valence-corrected chi connectivity index (χ0v) is 17.2. The van der Waals surface area contributed by atoms with Crippen LogP contribution in [0.25, 0.3) is 0 Å². The van der Waals surface area contributed by atoms with Gasteiger partial charge in [0.25, 0.3) is 0 Å². The van der Waals surface area contributed by atoms with Crippen molar-refractivity contribution in [2.75, 3.05) is 25.0 Å². The Hall–Kier alpha value is -2.34. The molecule has 0 radical (unpaired) electrons. The maximum Gasteiger partial charge on any atom is 0.228 e. The van der Waals surface area contributed by atoms with Crippen molar-refractivity contribution in [3.8, 4) is 0 Å². The molecular formula is C23H29FN4O. The van der Waals surface area contributed by atoms with Crippen molar-refractivity contribution in [3.05, 3.63) is 52.9 Å². The predicted molar refractivity (Wildman–Crippen MR) is 111 cm³/mol. The van der Waals surface area contributed by atoms with Gasteiger partial charge < -0.3 is 10.2 Å². The molecule has 2 aromatic rings. The van der Waals surface area contributed by atoms with E-state index in [1.165, 1.54) is 44.5 Å². The first-order chi connectivity index (χ1) is 14.0. The molecule has 0 bridgehead atoms. The molecule has 6 heteroatoms. The summed E-state index contributed by atoms with van der Waals surface area (Å²) in [5.41, 5.74) is 3.21. The van der Waals surface area contributed by atoms with Crippen LogP contribution in [-0.2, 0) is 11.2 Å². The monoisotopic (exact) mass is 396 g/mol. The van der Waals surface area contributed by atoms with E-state index in [1.807, 2.05) is 13.8 Å². The normalized spacial score (nSPS) is 19.9. The fourth-order valence-corrected chi connectivity index (χ4v) is 4.20. The molecular weight excluding hydrogens is 367 g/mol. The van der Waals surface area contributed by atoms with Gasteiger partial charge in [0.15, 0.2) is 0 Å². The van der Waals surface area contributed by atoms with E-state index in [2.05, 4.69) is 10.2 Å². The number of benzene rings is 1. The molecule has 1 atom stereocenters. The van der Waals surface area contributed by atoms with Gasteiger partial charge in [0, 0.05) is 41.6 Å². The Balaban J connectivity index is 1.42. The zero-order chi connectivity index (χ0) is 20.4. The second-order valence-electron chi connectivity index (χ2n) is 8.51. The van der Waals surface area contributed by atoms with Crippen LogP contribution in [0.1, 0.15) is 54.4 Å². The summed E-state index contributed by atoms with van der Waals surface area (Å²) in [4.78, 5) is 24.6. The SMILES string of the molecule is Cc1nc([C@@H]2CCCN(CC3CC3)C2)nc(C)c1CC(=O)Nc1ccc(F)cc1. The van der Waals surface area contributed by atoms with Crippen LogP contribution < -0.4 is 5.32 Å². The summed E-state index contributed by atoms with van der Waals surface area (Å²) in [5, 5.41) is 2.81. The first-order valence-corrected chi connectivity index (χ1v) is 10.6. The summed E-state index contributed by atoms with van der Waals surface area (Å²) in [5.74, 6) is 1.73. The largest absolute Gasteiger partial charge is 0.326 e. The number of carbonyl (C=O) groups excluding carboxylic acids is 1. The van der Waals surface area contributed by atoms with Crippen molar-refractivity contribution in [3.63, 3.8) is 0 Å². The summed E-state index contributed by atoms with van der Waals surface area (Å²) in [6.07, 6.45) is 5.30. The first-order valence-electron chi connectivity index (χ1n) is 10.6. The maximum absolute atomic E-state index is 13.0. The van der Waals surface area contributed by atoms with Gasteiger partial charge in [-0.05, 0) is 76.3 Å². The topological polar surface area (TPSA) is 58.1 Å². The molecule has 1 amide bonds. The number of rotatable bonds is 6. The van der Waals surface area contributed by atoms with Crippen LogP contribution in [0.15, 0.2) is 24.3 Å². The molecule has 4 rings (SSSR count). The third kappa shape index (κ3) is 5.18. The smallest absolute Gasteiger partial charge is 0.228 e. The van der Waals surface area contributed by atoms with Crippen molar-refractivity contribution in [1.82, 2.24) is 14.9 Å². The minimum absolute atomic E-state index is 0.146. The number of anilines is 1. The lowest BCUT2D eigenvalue weighted by atomic mass is 9.96. The minimum Gasteiger partial charge on any atom is -0.326 e. The standard InChI is InChI=1S/C23H29FN4O/c1-15-21(12-22(29)27-20-9-7-19(24)8-10-20)16(2)26-23(25-15)18-4-3-11-28(14-18)13-17-5-6-17/h7-10,17-18H,3-6,11-14H2,1-2H3,(H,27,29)/t18-/m1/s1. The van der Waals surface area contributed by atoms with E-state index in [0.29, 0.717) is 11.6 Å². The van der Waals surface area contributed by atoms with Gasteiger partial charge in [0.1, 0.15) is 11.6 Å². The van der Waals surface area contributed by atoms with E-state index >= 15 is 0 Å². The number of likely N-dealkylation sites (tertiary alicyclic amines) is 1. The lowest BCUT2D eigenvalue weighted by Gasteiger charge is -2.32. The molecule has 2 fully saturated rings. The van der Waals surface area contributed by atoms with Gasteiger partial charge in [0.2, 0.25) is 5.91 Å². The van der Waals surface area contributed by atoms with Gasteiger partial charge >= 0.3 is 0 Å². The Bertz CT molecular complexity index is 856. The fourth-order valence-electron chi connectivity index (χ4n) is 4.20. The molecule has 154 valence electrons. The number of halogens is 1. The molecule has 1 aromatic carbocycles. The van der Waals surface area contributed by atoms with Crippen LogP contribution in [-0.4, -0.2) is 40.4 Å². The third-order valence-electron chi connectivity index (χ3n) is 5.99. The molecule has 1 aromatic heterocycles. The molecule has 0 spiro atoms. The summed E-state index contributed by atoms with van der Waals surface area (Å²) in [7, 11) is 0. The third-order valence-corrected chi connectivity index (χ3v) is 5.99. The van der Waals surface area contributed by atoms with Crippen molar-refractivity contribution in [2.24, 2.45) is 5.92 Å². The first kappa shape index (κ1) is 20.0. The molecule has 29 heavy (non-hydrogen) atoms. The van der Waals surface area contributed by atoms with E-state index in [9.17, 15) is 9.18 Å². The van der Waals surface area contributed by atoms with Gasteiger partial charge in [-0.1, -0.05) is 0 Å². The van der Waals surface area contributed by atoms with E-state index in [4.69, 9.17) is 9.97 Å². The predicted octanol–water partition coefficient (Wildman–Crippen LogP) is 4.00. The summed E-state index contributed by atoms with van der Waals surface area (Å²) < 4.78 is 13.0. The number of nitrogens with one attached hydrogen (secondary N) is 1. The quantitative estimate of drug-likeness (QED) is 0.802. The molecule has 5 nitrogen and oxygen atoms in total. The number of hydrogen-bond donors (Lipinski definition) is 1. The van der Waals surface area contributed by atoms with E-state index in [1.54, 1.807) is 12.1 Å². The number of aryl methyl sites for hydroxylation is 2. The van der Waals surface area contributed by atoms with Crippen LogP contribution in [0.3, 0.4) is 0 Å². The number of piperidine rings is 1. The number of carbonyl (C=O) groups is 1. The summed E-state index contributed by atoms with van der Waals surface area (Å²) in [6, 6.07) is 5.79. The Morgan fingerprint density at radius 1 is 1.14 bits per heavy atom.